The summed E-state index contributed by atoms with van der Waals surface area (Å²) in [5, 5.41) is 0.751. The second-order valence-corrected chi connectivity index (χ2v) is 5.19. The Balaban J connectivity index is 2.35. The summed E-state index contributed by atoms with van der Waals surface area (Å²) in [6.07, 6.45) is 0. The highest BCUT2D eigenvalue weighted by Gasteiger charge is 2.27. The molecule has 2 aromatic carbocycles. The third-order valence-electron chi connectivity index (χ3n) is 3.48. The van der Waals surface area contributed by atoms with Gasteiger partial charge >= 0.3 is 0 Å². The van der Waals surface area contributed by atoms with Crippen molar-refractivity contribution in [2.75, 3.05) is 0 Å². The SMILES string of the molecule is Cc1cc(C)c2c(c1)-c1ccc(Cl)cc1C2N. The van der Waals surface area contributed by atoms with Crippen molar-refractivity contribution >= 4 is 11.6 Å². The first-order valence-electron chi connectivity index (χ1n) is 5.74. The molecule has 0 fully saturated rings. The fraction of sp³-hybridized carbons (Fsp3) is 0.200. The van der Waals surface area contributed by atoms with Gasteiger partial charge in [0.2, 0.25) is 0 Å². The molecule has 0 heterocycles. The third-order valence-corrected chi connectivity index (χ3v) is 3.72. The molecule has 2 heteroatoms. The summed E-state index contributed by atoms with van der Waals surface area (Å²) >= 11 is 6.05. The van der Waals surface area contributed by atoms with Crippen LogP contribution in [-0.4, -0.2) is 0 Å². The number of hydrogen-bond donors (Lipinski definition) is 1. The molecule has 86 valence electrons. The molecule has 0 spiro atoms. The lowest BCUT2D eigenvalue weighted by Gasteiger charge is -2.10. The smallest absolute Gasteiger partial charge is 0.0567 e. The maximum atomic E-state index is 6.32. The fourth-order valence-corrected chi connectivity index (χ4v) is 2.99. The maximum Gasteiger partial charge on any atom is 0.0567 e. The van der Waals surface area contributed by atoms with Crippen molar-refractivity contribution in [3.63, 3.8) is 0 Å². The molecule has 0 bridgehead atoms. The molecule has 0 radical (unpaired) electrons. The Hall–Kier alpha value is -1.31. The van der Waals surface area contributed by atoms with E-state index in [2.05, 4.69) is 32.0 Å². The maximum absolute atomic E-state index is 6.32. The molecule has 2 N–H and O–H groups in total. The second-order valence-electron chi connectivity index (χ2n) is 4.75. The zero-order chi connectivity index (χ0) is 12.2. The van der Waals surface area contributed by atoms with Gasteiger partial charge in [0.15, 0.2) is 0 Å². The van der Waals surface area contributed by atoms with E-state index in [9.17, 15) is 0 Å². The van der Waals surface area contributed by atoms with Crippen LogP contribution in [0.4, 0.5) is 0 Å². The fourth-order valence-electron chi connectivity index (χ4n) is 2.81. The lowest BCUT2D eigenvalue weighted by atomic mass is 9.98. The Morgan fingerprint density at radius 2 is 1.82 bits per heavy atom. The van der Waals surface area contributed by atoms with Crippen LogP contribution in [0.3, 0.4) is 0 Å². The summed E-state index contributed by atoms with van der Waals surface area (Å²) in [6, 6.07) is 10.3. The van der Waals surface area contributed by atoms with E-state index in [1.54, 1.807) is 0 Å². The molecule has 0 saturated carbocycles. The molecule has 17 heavy (non-hydrogen) atoms. The predicted octanol–water partition coefficient (Wildman–Crippen LogP) is 3.99. The molecular weight excluding hydrogens is 230 g/mol. The summed E-state index contributed by atoms with van der Waals surface area (Å²) in [6.45, 7) is 4.24. The number of halogens is 1. The average Bonchev–Trinajstić information content (AvgIpc) is 2.52. The number of fused-ring (bicyclic) bond motifs is 3. The third kappa shape index (κ3) is 1.50. The molecule has 0 saturated heterocycles. The topological polar surface area (TPSA) is 26.0 Å². The van der Waals surface area contributed by atoms with Gasteiger partial charge in [0.1, 0.15) is 0 Å². The monoisotopic (exact) mass is 243 g/mol. The Morgan fingerprint density at radius 3 is 2.59 bits per heavy atom. The van der Waals surface area contributed by atoms with Crippen LogP contribution in [0.5, 0.6) is 0 Å². The Bertz CT molecular complexity index is 617. The molecule has 1 aliphatic carbocycles. The lowest BCUT2D eigenvalue weighted by molar-refractivity contribution is 0.890. The van der Waals surface area contributed by atoms with Crippen molar-refractivity contribution in [3.8, 4) is 11.1 Å². The largest absolute Gasteiger partial charge is 0.320 e. The number of rotatable bonds is 0. The minimum absolute atomic E-state index is 0.0423. The summed E-state index contributed by atoms with van der Waals surface area (Å²) in [5.41, 5.74) is 13.7. The van der Waals surface area contributed by atoms with Gasteiger partial charge in [0.25, 0.3) is 0 Å². The lowest BCUT2D eigenvalue weighted by Crippen LogP contribution is -2.09. The number of benzene rings is 2. The van der Waals surface area contributed by atoms with Crippen molar-refractivity contribution in [3.05, 3.63) is 57.6 Å². The van der Waals surface area contributed by atoms with Crippen LogP contribution >= 0.6 is 11.6 Å². The van der Waals surface area contributed by atoms with E-state index in [-0.39, 0.29) is 6.04 Å². The Morgan fingerprint density at radius 1 is 1.06 bits per heavy atom. The van der Waals surface area contributed by atoms with Gasteiger partial charge in [0, 0.05) is 5.02 Å². The van der Waals surface area contributed by atoms with Gasteiger partial charge in [0.05, 0.1) is 6.04 Å². The average molecular weight is 244 g/mol. The molecule has 2 aromatic rings. The highest BCUT2D eigenvalue weighted by Crippen LogP contribution is 2.44. The first kappa shape index (κ1) is 10.8. The van der Waals surface area contributed by atoms with E-state index in [4.69, 9.17) is 17.3 Å². The van der Waals surface area contributed by atoms with Crippen LogP contribution < -0.4 is 5.73 Å². The minimum Gasteiger partial charge on any atom is -0.320 e. The summed E-state index contributed by atoms with van der Waals surface area (Å²) in [7, 11) is 0. The standard InChI is InChI=1S/C15H14ClN/c1-8-5-9(2)14-12(6-8)11-4-3-10(16)7-13(11)15(14)17/h3-7,15H,17H2,1-2H3. The molecule has 1 unspecified atom stereocenters. The first-order valence-corrected chi connectivity index (χ1v) is 6.12. The van der Waals surface area contributed by atoms with Crippen LogP contribution in [0.2, 0.25) is 5.02 Å². The molecule has 1 atom stereocenters. The van der Waals surface area contributed by atoms with Crippen molar-refractivity contribution < 1.29 is 0 Å². The van der Waals surface area contributed by atoms with Crippen molar-refractivity contribution in [1.29, 1.82) is 0 Å². The van der Waals surface area contributed by atoms with Gasteiger partial charge in [-0.25, -0.2) is 0 Å². The minimum atomic E-state index is -0.0423. The van der Waals surface area contributed by atoms with Gasteiger partial charge in [-0.15, -0.1) is 0 Å². The molecule has 1 nitrogen and oxygen atoms in total. The second kappa shape index (κ2) is 3.59. The van der Waals surface area contributed by atoms with Gasteiger partial charge in [-0.3, -0.25) is 0 Å². The highest BCUT2D eigenvalue weighted by atomic mass is 35.5. The molecule has 0 aliphatic heterocycles. The van der Waals surface area contributed by atoms with Crippen LogP contribution in [0, 0.1) is 13.8 Å². The van der Waals surface area contributed by atoms with Crippen LogP contribution in [0.25, 0.3) is 11.1 Å². The van der Waals surface area contributed by atoms with Crippen LogP contribution in [-0.2, 0) is 0 Å². The van der Waals surface area contributed by atoms with Gasteiger partial charge < -0.3 is 5.73 Å². The number of nitrogens with two attached hydrogens (primary N) is 1. The zero-order valence-electron chi connectivity index (χ0n) is 9.92. The van der Waals surface area contributed by atoms with E-state index < -0.39 is 0 Å². The van der Waals surface area contributed by atoms with E-state index >= 15 is 0 Å². The molecule has 3 rings (SSSR count). The summed E-state index contributed by atoms with van der Waals surface area (Å²) < 4.78 is 0. The van der Waals surface area contributed by atoms with Crippen LogP contribution in [0.15, 0.2) is 30.3 Å². The Labute approximate surface area is 106 Å². The zero-order valence-corrected chi connectivity index (χ0v) is 10.7. The van der Waals surface area contributed by atoms with Crippen molar-refractivity contribution in [1.82, 2.24) is 0 Å². The summed E-state index contributed by atoms with van der Waals surface area (Å²) in [5.74, 6) is 0. The van der Waals surface area contributed by atoms with Gasteiger partial charge in [-0.2, -0.15) is 0 Å². The number of hydrogen-bond acceptors (Lipinski definition) is 1. The quantitative estimate of drug-likeness (QED) is 0.744. The van der Waals surface area contributed by atoms with E-state index in [1.807, 2.05) is 12.1 Å². The molecule has 0 aromatic heterocycles. The predicted molar refractivity (Wildman–Crippen MR) is 72.4 cm³/mol. The van der Waals surface area contributed by atoms with E-state index in [1.165, 1.54) is 27.8 Å². The first-order chi connectivity index (χ1) is 8.08. The highest BCUT2D eigenvalue weighted by molar-refractivity contribution is 6.30. The van der Waals surface area contributed by atoms with Gasteiger partial charge in [-0.05, 0) is 53.8 Å². The van der Waals surface area contributed by atoms with E-state index in [0.29, 0.717) is 0 Å². The molecular formula is C15H14ClN. The van der Waals surface area contributed by atoms with Crippen molar-refractivity contribution in [2.45, 2.75) is 19.9 Å². The van der Waals surface area contributed by atoms with Crippen LogP contribution in [0.1, 0.15) is 28.3 Å². The summed E-state index contributed by atoms with van der Waals surface area (Å²) in [4.78, 5) is 0. The molecule has 0 amide bonds. The Kier molecular flexibility index (Phi) is 2.29. The normalized spacial score (nSPS) is 16.8. The van der Waals surface area contributed by atoms with Crippen molar-refractivity contribution in [2.24, 2.45) is 5.73 Å². The molecule has 1 aliphatic rings. The van der Waals surface area contributed by atoms with Gasteiger partial charge in [-0.1, -0.05) is 35.4 Å². The van der Waals surface area contributed by atoms with E-state index in [0.717, 1.165) is 10.6 Å². The number of aryl methyl sites for hydroxylation is 2.